The van der Waals surface area contributed by atoms with Crippen LogP contribution in [0.5, 0.6) is 0 Å². The Labute approximate surface area is 162 Å². The van der Waals surface area contributed by atoms with Gasteiger partial charge >= 0.3 is 0 Å². The third-order valence-electron chi connectivity index (χ3n) is 6.62. The summed E-state index contributed by atoms with van der Waals surface area (Å²) in [4.78, 5) is 0. The summed E-state index contributed by atoms with van der Waals surface area (Å²) >= 11 is 0. The van der Waals surface area contributed by atoms with E-state index < -0.39 is 0 Å². The molecule has 4 atom stereocenters. The Bertz CT molecular complexity index is 1000. The number of hydrogen-bond donors (Lipinski definition) is 0. The highest BCUT2D eigenvalue weighted by Gasteiger charge is 2.53. The standard InChI is InChI=1S/C27H26/c1-19-14-16-21(17-15-19)27(22-9-7-8-20(2)18-22)25-12-5-3-10-23(25)24-11-4-6-13-26(24)27/h3-14,16-19,23,25H,15H2,1-2H3. The molecule has 4 unspecified atom stereocenters. The number of aryl methyl sites for hydroxylation is 1. The van der Waals surface area contributed by atoms with Gasteiger partial charge in [-0.2, -0.15) is 0 Å². The fourth-order valence-corrected chi connectivity index (χ4v) is 5.42. The van der Waals surface area contributed by atoms with Crippen molar-refractivity contribution in [1.82, 2.24) is 0 Å². The summed E-state index contributed by atoms with van der Waals surface area (Å²) in [6.07, 6.45) is 17.7. The zero-order valence-corrected chi connectivity index (χ0v) is 16.1. The Kier molecular flexibility index (Phi) is 3.82. The molecule has 0 aliphatic heterocycles. The summed E-state index contributed by atoms with van der Waals surface area (Å²) in [5.41, 5.74) is 7.08. The van der Waals surface area contributed by atoms with Gasteiger partial charge in [0.05, 0.1) is 5.41 Å². The average molecular weight is 351 g/mol. The highest BCUT2D eigenvalue weighted by molar-refractivity contribution is 5.64. The first-order valence-electron chi connectivity index (χ1n) is 10.1. The Morgan fingerprint density at radius 3 is 2.59 bits per heavy atom. The van der Waals surface area contributed by atoms with Crippen LogP contribution in [-0.2, 0) is 5.41 Å². The van der Waals surface area contributed by atoms with Crippen LogP contribution in [0.15, 0.2) is 96.6 Å². The van der Waals surface area contributed by atoms with Gasteiger partial charge < -0.3 is 0 Å². The molecule has 3 aliphatic rings. The van der Waals surface area contributed by atoms with Crippen LogP contribution in [0.3, 0.4) is 0 Å². The second-order valence-electron chi connectivity index (χ2n) is 8.32. The van der Waals surface area contributed by atoms with E-state index in [4.69, 9.17) is 0 Å². The molecule has 0 heteroatoms. The molecule has 0 saturated heterocycles. The summed E-state index contributed by atoms with van der Waals surface area (Å²) < 4.78 is 0. The van der Waals surface area contributed by atoms with Crippen molar-refractivity contribution in [2.45, 2.75) is 31.6 Å². The lowest BCUT2D eigenvalue weighted by molar-refractivity contribution is 0.451. The van der Waals surface area contributed by atoms with Crippen molar-refractivity contribution in [3.8, 4) is 0 Å². The molecule has 0 spiro atoms. The van der Waals surface area contributed by atoms with E-state index in [1.54, 1.807) is 0 Å². The van der Waals surface area contributed by atoms with Gasteiger partial charge in [0.15, 0.2) is 0 Å². The van der Waals surface area contributed by atoms with Crippen molar-refractivity contribution in [3.63, 3.8) is 0 Å². The summed E-state index contributed by atoms with van der Waals surface area (Å²) in [6, 6.07) is 18.3. The highest BCUT2D eigenvalue weighted by atomic mass is 14.5. The first-order valence-corrected chi connectivity index (χ1v) is 10.1. The Morgan fingerprint density at radius 1 is 0.926 bits per heavy atom. The van der Waals surface area contributed by atoms with Gasteiger partial charge in [-0.3, -0.25) is 0 Å². The van der Waals surface area contributed by atoms with E-state index in [9.17, 15) is 0 Å². The van der Waals surface area contributed by atoms with Crippen molar-refractivity contribution >= 4 is 0 Å². The molecule has 5 rings (SSSR count). The van der Waals surface area contributed by atoms with E-state index in [2.05, 4.69) is 105 Å². The lowest BCUT2D eigenvalue weighted by atomic mass is 9.61. The first-order chi connectivity index (χ1) is 13.2. The molecule has 0 fully saturated rings. The molecule has 0 saturated carbocycles. The maximum Gasteiger partial charge on any atom is 0.0522 e. The minimum Gasteiger partial charge on any atom is -0.0811 e. The number of fused-ring (bicyclic) bond motifs is 3. The molecule has 0 amide bonds. The van der Waals surface area contributed by atoms with Gasteiger partial charge in [-0.15, -0.1) is 0 Å². The quantitative estimate of drug-likeness (QED) is 0.569. The predicted molar refractivity (Wildman–Crippen MR) is 114 cm³/mol. The molecule has 2 aromatic rings. The monoisotopic (exact) mass is 350 g/mol. The Balaban J connectivity index is 1.85. The summed E-state index contributed by atoms with van der Waals surface area (Å²) in [7, 11) is 0. The van der Waals surface area contributed by atoms with Gasteiger partial charge in [-0.25, -0.2) is 0 Å². The van der Waals surface area contributed by atoms with Crippen LogP contribution in [0.2, 0.25) is 0 Å². The average Bonchev–Trinajstić information content (AvgIpc) is 3.00. The summed E-state index contributed by atoms with van der Waals surface area (Å²) in [5, 5.41) is 0. The van der Waals surface area contributed by atoms with Crippen LogP contribution in [-0.4, -0.2) is 0 Å². The van der Waals surface area contributed by atoms with Crippen LogP contribution in [0, 0.1) is 18.8 Å². The minimum atomic E-state index is -0.106. The number of hydrogen-bond acceptors (Lipinski definition) is 0. The maximum atomic E-state index is 2.50. The molecule has 27 heavy (non-hydrogen) atoms. The van der Waals surface area contributed by atoms with Crippen molar-refractivity contribution < 1.29 is 0 Å². The van der Waals surface area contributed by atoms with Crippen LogP contribution in [0.25, 0.3) is 0 Å². The lowest BCUT2D eigenvalue weighted by Gasteiger charge is -2.40. The van der Waals surface area contributed by atoms with Crippen LogP contribution >= 0.6 is 0 Å². The van der Waals surface area contributed by atoms with Gasteiger partial charge in [-0.05, 0) is 41.5 Å². The van der Waals surface area contributed by atoms with E-state index in [0.717, 1.165) is 6.42 Å². The Morgan fingerprint density at radius 2 is 1.78 bits per heavy atom. The fraction of sp³-hybridized carbons (Fsp3) is 0.259. The van der Waals surface area contributed by atoms with Crippen molar-refractivity contribution in [1.29, 1.82) is 0 Å². The summed E-state index contributed by atoms with van der Waals surface area (Å²) in [5.74, 6) is 1.49. The van der Waals surface area contributed by atoms with E-state index in [-0.39, 0.29) is 5.41 Å². The molecule has 0 heterocycles. The van der Waals surface area contributed by atoms with Gasteiger partial charge in [-0.1, -0.05) is 104 Å². The molecule has 0 radical (unpaired) electrons. The molecule has 0 bridgehead atoms. The van der Waals surface area contributed by atoms with E-state index in [1.807, 2.05) is 0 Å². The zero-order valence-electron chi connectivity index (χ0n) is 16.1. The maximum absolute atomic E-state index is 2.50. The molecule has 0 N–H and O–H groups in total. The molecule has 2 aromatic carbocycles. The van der Waals surface area contributed by atoms with Crippen LogP contribution in [0.1, 0.15) is 41.5 Å². The number of benzene rings is 2. The third kappa shape index (κ3) is 2.36. The van der Waals surface area contributed by atoms with Crippen molar-refractivity contribution in [2.75, 3.05) is 0 Å². The van der Waals surface area contributed by atoms with Gasteiger partial charge in [0.2, 0.25) is 0 Å². The van der Waals surface area contributed by atoms with Crippen molar-refractivity contribution in [3.05, 3.63) is 119 Å². The molecule has 3 aliphatic carbocycles. The zero-order chi connectivity index (χ0) is 18.4. The molecule has 134 valence electrons. The summed E-state index contributed by atoms with van der Waals surface area (Å²) in [6.45, 7) is 4.51. The van der Waals surface area contributed by atoms with Gasteiger partial charge in [0.1, 0.15) is 0 Å². The molecular weight excluding hydrogens is 324 g/mol. The van der Waals surface area contributed by atoms with Crippen LogP contribution < -0.4 is 0 Å². The number of rotatable bonds is 2. The normalized spacial score (nSPS) is 30.7. The minimum absolute atomic E-state index is 0.106. The first kappa shape index (κ1) is 16.6. The second-order valence-corrected chi connectivity index (χ2v) is 8.32. The fourth-order valence-electron chi connectivity index (χ4n) is 5.42. The van der Waals surface area contributed by atoms with E-state index in [1.165, 1.54) is 27.8 Å². The van der Waals surface area contributed by atoms with E-state index >= 15 is 0 Å². The Hall–Kier alpha value is -2.60. The second kappa shape index (κ2) is 6.23. The van der Waals surface area contributed by atoms with Crippen LogP contribution in [0.4, 0.5) is 0 Å². The third-order valence-corrected chi connectivity index (χ3v) is 6.62. The van der Waals surface area contributed by atoms with Gasteiger partial charge in [0, 0.05) is 11.8 Å². The predicted octanol–water partition coefficient (Wildman–Crippen LogP) is 6.64. The number of allylic oxidation sites excluding steroid dienone is 8. The molecular formula is C27H26. The highest BCUT2D eigenvalue weighted by Crippen LogP contribution is 2.60. The topological polar surface area (TPSA) is 0 Å². The van der Waals surface area contributed by atoms with Gasteiger partial charge in [0.25, 0.3) is 0 Å². The molecule has 0 aromatic heterocycles. The SMILES string of the molecule is Cc1cccc(C2(C3=CCC(C)C=C3)c3ccccc3C3C=CC=CC32)c1. The smallest absolute Gasteiger partial charge is 0.0522 e. The van der Waals surface area contributed by atoms with Crippen molar-refractivity contribution in [2.24, 2.45) is 11.8 Å². The molecule has 0 nitrogen and oxygen atoms in total. The lowest BCUT2D eigenvalue weighted by Crippen LogP contribution is -2.36. The van der Waals surface area contributed by atoms with E-state index in [0.29, 0.717) is 17.8 Å². The largest absolute Gasteiger partial charge is 0.0811 e.